The molecule has 1 aromatic rings. The lowest BCUT2D eigenvalue weighted by molar-refractivity contribution is -0.384. The highest BCUT2D eigenvalue weighted by Crippen LogP contribution is 2.43. The average Bonchev–Trinajstić information content (AvgIpc) is 2.70. The van der Waals surface area contributed by atoms with E-state index >= 15 is 0 Å². The van der Waals surface area contributed by atoms with Gasteiger partial charge in [-0.05, 0) is 19.4 Å². The fourth-order valence-corrected chi connectivity index (χ4v) is 3.56. The summed E-state index contributed by atoms with van der Waals surface area (Å²) in [5.74, 6) is 0.581. The van der Waals surface area contributed by atoms with Crippen LogP contribution in [0.25, 0.3) is 0 Å². The molecule has 0 aromatic heterocycles. The van der Waals surface area contributed by atoms with E-state index in [-0.39, 0.29) is 42.2 Å². The normalized spacial score (nSPS) is 16.5. The molecule has 0 fully saturated rings. The molecule has 0 spiro atoms. The lowest BCUT2D eigenvalue weighted by atomic mass is 9.77. The molecule has 8 nitrogen and oxygen atoms in total. The number of nitro groups is 1. The molecule has 1 aliphatic rings. The van der Waals surface area contributed by atoms with Crippen molar-refractivity contribution in [2.24, 2.45) is 0 Å². The second-order valence-electron chi connectivity index (χ2n) is 6.46. The molecule has 29 heavy (non-hydrogen) atoms. The fourth-order valence-electron chi connectivity index (χ4n) is 3.56. The Morgan fingerprint density at radius 1 is 1.31 bits per heavy atom. The van der Waals surface area contributed by atoms with Crippen molar-refractivity contribution in [3.63, 3.8) is 0 Å². The molecule has 0 amide bonds. The number of hydrogen-bond donors (Lipinski definition) is 1. The first-order valence-corrected chi connectivity index (χ1v) is 8.87. The minimum Gasteiger partial charge on any atom is -0.466 e. The Balaban J connectivity index is 2.83. The highest BCUT2D eigenvalue weighted by atomic mass is 16.6. The summed E-state index contributed by atoms with van der Waals surface area (Å²) >= 11 is 0. The highest BCUT2D eigenvalue weighted by molar-refractivity contribution is 6.03. The number of esters is 1. The van der Waals surface area contributed by atoms with Crippen molar-refractivity contribution < 1.29 is 24.4 Å². The van der Waals surface area contributed by atoms with Crippen LogP contribution in [0.2, 0.25) is 0 Å². The van der Waals surface area contributed by atoms with Crippen molar-refractivity contribution in [1.29, 1.82) is 0 Å². The number of aliphatic hydroxyl groups is 1. The van der Waals surface area contributed by atoms with E-state index in [1.54, 1.807) is 24.8 Å². The van der Waals surface area contributed by atoms with Gasteiger partial charge in [0.1, 0.15) is 0 Å². The lowest BCUT2D eigenvalue weighted by Crippen LogP contribution is -2.35. The number of benzene rings is 1. The fraction of sp³-hybridized carbons (Fsp3) is 0.333. The first-order valence-electron chi connectivity index (χ1n) is 8.87. The minimum atomic E-state index is -0.879. The number of nitro benzene ring substituents is 1. The number of aliphatic hydroxyl groups excluding tert-OH is 1. The number of Topliss-reactive ketones (excluding diaryl/α,β-unsaturated/α-hetero) is 1. The number of non-ortho nitro benzene ring substituents is 1. The number of rotatable bonds is 7. The van der Waals surface area contributed by atoms with Crippen molar-refractivity contribution in [3.05, 3.63) is 62.5 Å². The molecule has 0 saturated heterocycles. The van der Waals surface area contributed by atoms with Crippen molar-refractivity contribution in [1.82, 2.24) is 4.90 Å². The van der Waals surface area contributed by atoms with Crippen LogP contribution in [0.3, 0.4) is 0 Å². The first-order chi connectivity index (χ1) is 13.8. The summed E-state index contributed by atoms with van der Waals surface area (Å²) in [6, 6.07) is 5.77. The molecule has 1 N–H and O–H groups in total. The number of allylic oxidation sites excluding steroid dienone is 3. The van der Waals surface area contributed by atoms with Crippen LogP contribution in [0.1, 0.15) is 31.7 Å². The number of nitrogens with zero attached hydrogens (tertiary/aromatic N) is 2. The van der Waals surface area contributed by atoms with Crippen LogP contribution in [0, 0.1) is 22.5 Å². The number of methoxy groups -OCH3 is 1. The van der Waals surface area contributed by atoms with Crippen LogP contribution < -0.4 is 0 Å². The summed E-state index contributed by atoms with van der Waals surface area (Å²) in [5, 5.41) is 20.5. The average molecular weight is 398 g/mol. The summed E-state index contributed by atoms with van der Waals surface area (Å²) < 4.78 is 4.95. The Kier molecular flexibility index (Phi) is 6.91. The van der Waals surface area contributed by atoms with Crippen molar-refractivity contribution in [3.8, 4) is 12.3 Å². The van der Waals surface area contributed by atoms with Crippen molar-refractivity contribution >= 4 is 17.4 Å². The second kappa shape index (κ2) is 9.17. The Hall–Kier alpha value is -3.44. The summed E-state index contributed by atoms with van der Waals surface area (Å²) in [4.78, 5) is 38.0. The third-order valence-corrected chi connectivity index (χ3v) is 4.88. The third kappa shape index (κ3) is 4.20. The topological polar surface area (TPSA) is 110 Å². The number of carbonyl (C=O) groups is 2. The van der Waals surface area contributed by atoms with Crippen LogP contribution >= 0.6 is 0 Å². The number of carbonyl (C=O) groups excluding carboxylic acids is 2. The van der Waals surface area contributed by atoms with E-state index in [1.165, 1.54) is 25.3 Å². The summed E-state index contributed by atoms with van der Waals surface area (Å²) in [6.45, 7) is 3.13. The van der Waals surface area contributed by atoms with Gasteiger partial charge in [0.25, 0.3) is 5.69 Å². The first kappa shape index (κ1) is 21.9. The van der Waals surface area contributed by atoms with Gasteiger partial charge in [-0.1, -0.05) is 18.1 Å². The SMILES string of the molecule is C#CCN1C(C)=C(C(=O)CCO)C(c2cccc([N+](=O)[O-])c2)C(C(=O)OC)=C1C. The van der Waals surface area contributed by atoms with Crippen LogP contribution in [0.15, 0.2) is 46.8 Å². The number of ketones is 1. The van der Waals surface area contributed by atoms with Gasteiger partial charge in [0, 0.05) is 41.4 Å². The Labute approximate surface area is 168 Å². The van der Waals surface area contributed by atoms with Crippen molar-refractivity contribution in [2.75, 3.05) is 20.3 Å². The van der Waals surface area contributed by atoms with E-state index in [4.69, 9.17) is 11.2 Å². The molecule has 152 valence electrons. The predicted molar refractivity (Wildman–Crippen MR) is 106 cm³/mol. The van der Waals surface area contributed by atoms with Gasteiger partial charge in [-0.25, -0.2) is 4.79 Å². The van der Waals surface area contributed by atoms with Gasteiger partial charge in [-0.2, -0.15) is 0 Å². The molecule has 0 saturated carbocycles. The Bertz CT molecular complexity index is 954. The largest absolute Gasteiger partial charge is 0.466 e. The molecule has 0 radical (unpaired) electrons. The van der Waals surface area contributed by atoms with Crippen LogP contribution in [-0.4, -0.2) is 46.9 Å². The number of hydrogen-bond acceptors (Lipinski definition) is 7. The summed E-state index contributed by atoms with van der Waals surface area (Å²) in [6.07, 6.45) is 5.31. The zero-order valence-electron chi connectivity index (χ0n) is 16.5. The van der Waals surface area contributed by atoms with Crippen molar-refractivity contribution in [2.45, 2.75) is 26.2 Å². The van der Waals surface area contributed by atoms with Crippen LogP contribution in [0.4, 0.5) is 5.69 Å². The molecular weight excluding hydrogens is 376 g/mol. The molecule has 1 heterocycles. The quantitative estimate of drug-likeness (QED) is 0.325. The van der Waals surface area contributed by atoms with E-state index in [0.29, 0.717) is 17.0 Å². The van der Waals surface area contributed by atoms with E-state index in [1.807, 2.05) is 0 Å². The molecular formula is C21H22N2O6. The number of terminal acetylenes is 1. The van der Waals surface area contributed by atoms with E-state index in [2.05, 4.69) is 5.92 Å². The maximum absolute atomic E-state index is 12.9. The lowest BCUT2D eigenvalue weighted by Gasteiger charge is -2.37. The van der Waals surface area contributed by atoms with Crippen LogP contribution in [0.5, 0.6) is 0 Å². The van der Waals surface area contributed by atoms with Gasteiger partial charge < -0.3 is 14.7 Å². The molecule has 1 aromatic carbocycles. The van der Waals surface area contributed by atoms with Gasteiger partial charge in [-0.3, -0.25) is 14.9 Å². The maximum Gasteiger partial charge on any atom is 0.336 e. The molecule has 1 unspecified atom stereocenters. The highest BCUT2D eigenvalue weighted by Gasteiger charge is 2.39. The van der Waals surface area contributed by atoms with E-state index < -0.39 is 16.8 Å². The van der Waals surface area contributed by atoms with Gasteiger partial charge in [-0.15, -0.1) is 6.42 Å². The third-order valence-electron chi connectivity index (χ3n) is 4.88. The molecule has 0 bridgehead atoms. The molecule has 0 aliphatic carbocycles. The molecule has 8 heteroatoms. The van der Waals surface area contributed by atoms with Gasteiger partial charge in [0.15, 0.2) is 5.78 Å². The summed E-state index contributed by atoms with van der Waals surface area (Å²) in [5.41, 5.74) is 1.70. The monoisotopic (exact) mass is 398 g/mol. The number of ether oxygens (including phenoxy) is 1. The Morgan fingerprint density at radius 2 is 1.97 bits per heavy atom. The van der Waals surface area contributed by atoms with E-state index in [9.17, 15) is 24.8 Å². The summed E-state index contributed by atoms with van der Waals surface area (Å²) in [7, 11) is 1.22. The van der Waals surface area contributed by atoms with Gasteiger partial charge >= 0.3 is 5.97 Å². The molecule has 1 atom stereocenters. The molecule has 1 aliphatic heterocycles. The Morgan fingerprint density at radius 3 is 2.52 bits per heavy atom. The minimum absolute atomic E-state index is 0.121. The second-order valence-corrected chi connectivity index (χ2v) is 6.46. The maximum atomic E-state index is 12.9. The van der Waals surface area contributed by atoms with Gasteiger partial charge in [0.2, 0.25) is 0 Å². The molecule has 2 rings (SSSR count). The zero-order chi connectivity index (χ0) is 21.7. The standard InChI is InChI=1S/C21H22N2O6/c1-5-10-22-13(2)18(17(25)9-11-24)20(19(14(22)3)21(26)29-4)15-7-6-8-16(12-15)23(27)28/h1,6-8,12,20,24H,9-11H2,2-4H3. The van der Waals surface area contributed by atoms with Gasteiger partial charge in [0.05, 0.1) is 30.8 Å². The predicted octanol–water partition coefficient (Wildman–Crippen LogP) is 2.30. The van der Waals surface area contributed by atoms with Crippen LogP contribution in [-0.2, 0) is 14.3 Å². The van der Waals surface area contributed by atoms with E-state index in [0.717, 1.165) is 0 Å². The zero-order valence-corrected chi connectivity index (χ0v) is 16.5. The smallest absolute Gasteiger partial charge is 0.336 e.